The summed E-state index contributed by atoms with van der Waals surface area (Å²) in [6.45, 7) is 6.02. The Labute approximate surface area is 110 Å². The van der Waals surface area contributed by atoms with Crippen LogP contribution in [0.1, 0.15) is 13.8 Å². The fourth-order valence-corrected chi connectivity index (χ4v) is 3.43. The van der Waals surface area contributed by atoms with Crippen LogP contribution in [0.25, 0.3) is 10.2 Å². The van der Waals surface area contributed by atoms with E-state index < -0.39 is 0 Å². The number of morpholine rings is 1. The largest absolute Gasteiger partial charge is 0.399 e. The van der Waals surface area contributed by atoms with Crippen molar-refractivity contribution >= 4 is 32.4 Å². The van der Waals surface area contributed by atoms with Crippen molar-refractivity contribution in [3.8, 4) is 0 Å². The van der Waals surface area contributed by atoms with Gasteiger partial charge in [-0.15, -0.1) is 0 Å². The predicted octanol–water partition coefficient (Wildman–Crippen LogP) is 2.49. The number of anilines is 2. The highest BCUT2D eigenvalue weighted by Crippen LogP contribution is 2.31. The fraction of sp³-hybridized carbons (Fsp3) is 0.462. The number of nitrogens with zero attached hydrogens (tertiary/aromatic N) is 2. The van der Waals surface area contributed by atoms with Gasteiger partial charge in [-0.1, -0.05) is 11.3 Å². The molecule has 1 saturated heterocycles. The van der Waals surface area contributed by atoms with E-state index in [1.54, 1.807) is 11.3 Å². The van der Waals surface area contributed by atoms with Crippen LogP contribution < -0.4 is 10.6 Å². The predicted molar refractivity (Wildman–Crippen MR) is 76.3 cm³/mol. The molecule has 0 amide bonds. The van der Waals surface area contributed by atoms with Crippen LogP contribution in [0.4, 0.5) is 10.8 Å². The smallest absolute Gasteiger partial charge is 0.186 e. The maximum Gasteiger partial charge on any atom is 0.186 e. The van der Waals surface area contributed by atoms with Crippen LogP contribution >= 0.6 is 11.3 Å². The van der Waals surface area contributed by atoms with Crippen molar-refractivity contribution in [2.45, 2.75) is 26.1 Å². The van der Waals surface area contributed by atoms with Crippen LogP contribution in [-0.4, -0.2) is 30.3 Å². The summed E-state index contributed by atoms with van der Waals surface area (Å²) in [4.78, 5) is 6.98. The van der Waals surface area contributed by atoms with Gasteiger partial charge in [-0.25, -0.2) is 4.98 Å². The van der Waals surface area contributed by atoms with E-state index in [1.165, 1.54) is 0 Å². The first kappa shape index (κ1) is 11.7. The number of thiazole rings is 1. The molecule has 0 saturated carbocycles. The SMILES string of the molecule is C[C@@H]1CN(c2nc3ccc(N)cc3s2)C[C@H](C)O1. The number of rotatable bonds is 1. The molecule has 96 valence electrons. The van der Waals surface area contributed by atoms with Gasteiger partial charge in [0.15, 0.2) is 5.13 Å². The van der Waals surface area contributed by atoms with E-state index in [4.69, 9.17) is 10.5 Å². The summed E-state index contributed by atoms with van der Waals surface area (Å²) < 4.78 is 6.90. The Morgan fingerprint density at radius 2 is 2.06 bits per heavy atom. The van der Waals surface area contributed by atoms with Gasteiger partial charge in [0.2, 0.25) is 0 Å². The molecule has 1 aliphatic rings. The summed E-state index contributed by atoms with van der Waals surface area (Å²) in [6, 6.07) is 5.87. The second-order valence-electron chi connectivity index (χ2n) is 4.89. The van der Waals surface area contributed by atoms with Gasteiger partial charge in [0, 0.05) is 18.8 Å². The lowest BCUT2D eigenvalue weighted by molar-refractivity contribution is -0.00521. The van der Waals surface area contributed by atoms with Crippen LogP contribution in [0.15, 0.2) is 18.2 Å². The van der Waals surface area contributed by atoms with E-state index in [0.29, 0.717) is 0 Å². The fourth-order valence-electron chi connectivity index (χ4n) is 2.40. The van der Waals surface area contributed by atoms with Crippen molar-refractivity contribution in [3.63, 3.8) is 0 Å². The van der Waals surface area contributed by atoms with Crippen molar-refractivity contribution < 1.29 is 4.74 Å². The average molecular weight is 263 g/mol. The molecule has 0 bridgehead atoms. The van der Waals surface area contributed by atoms with E-state index in [-0.39, 0.29) is 12.2 Å². The van der Waals surface area contributed by atoms with Gasteiger partial charge in [0.05, 0.1) is 22.4 Å². The monoisotopic (exact) mass is 263 g/mol. The highest BCUT2D eigenvalue weighted by Gasteiger charge is 2.24. The number of aromatic nitrogens is 1. The molecule has 1 aromatic heterocycles. The van der Waals surface area contributed by atoms with E-state index in [0.717, 1.165) is 34.1 Å². The van der Waals surface area contributed by atoms with E-state index >= 15 is 0 Å². The molecule has 1 fully saturated rings. The molecule has 1 aromatic carbocycles. The zero-order chi connectivity index (χ0) is 12.7. The lowest BCUT2D eigenvalue weighted by atomic mass is 10.2. The lowest BCUT2D eigenvalue weighted by Gasteiger charge is -2.35. The Morgan fingerprint density at radius 3 is 2.78 bits per heavy atom. The van der Waals surface area contributed by atoms with Gasteiger partial charge in [-0.05, 0) is 32.0 Å². The van der Waals surface area contributed by atoms with Gasteiger partial charge < -0.3 is 15.4 Å². The molecule has 2 N–H and O–H groups in total. The Kier molecular flexibility index (Phi) is 2.87. The molecule has 4 nitrogen and oxygen atoms in total. The van der Waals surface area contributed by atoms with Crippen molar-refractivity contribution in [3.05, 3.63) is 18.2 Å². The number of fused-ring (bicyclic) bond motifs is 1. The van der Waals surface area contributed by atoms with Crippen LogP contribution in [0.2, 0.25) is 0 Å². The first-order chi connectivity index (χ1) is 8.61. The average Bonchev–Trinajstić information content (AvgIpc) is 2.70. The zero-order valence-electron chi connectivity index (χ0n) is 10.6. The highest BCUT2D eigenvalue weighted by molar-refractivity contribution is 7.22. The molecule has 0 aliphatic carbocycles. The van der Waals surface area contributed by atoms with E-state index in [2.05, 4.69) is 23.7 Å². The zero-order valence-corrected chi connectivity index (χ0v) is 11.4. The molecule has 2 heterocycles. The standard InChI is InChI=1S/C13H17N3OS/c1-8-6-16(7-9(2)17-8)13-15-11-4-3-10(14)5-12(11)18-13/h3-5,8-9H,6-7,14H2,1-2H3/t8-,9+. The summed E-state index contributed by atoms with van der Waals surface area (Å²) in [7, 11) is 0. The van der Waals surface area contributed by atoms with Crippen molar-refractivity contribution in [2.75, 3.05) is 23.7 Å². The molecule has 0 spiro atoms. The number of nitrogens with two attached hydrogens (primary N) is 1. The van der Waals surface area contributed by atoms with Gasteiger partial charge in [-0.3, -0.25) is 0 Å². The van der Waals surface area contributed by atoms with Crippen molar-refractivity contribution in [1.82, 2.24) is 4.98 Å². The summed E-state index contributed by atoms with van der Waals surface area (Å²) in [5.41, 5.74) is 7.62. The molecular formula is C13H17N3OS. The van der Waals surface area contributed by atoms with Crippen molar-refractivity contribution in [1.29, 1.82) is 0 Å². The van der Waals surface area contributed by atoms with Gasteiger partial charge >= 0.3 is 0 Å². The molecule has 1 aliphatic heterocycles. The Bertz CT molecular complexity index is 558. The molecular weight excluding hydrogens is 246 g/mol. The van der Waals surface area contributed by atoms with Crippen LogP contribution in [0.5, 0.6) is 0 Å². The number of benzene rings is 1. The second kappa shape index (κ2) is 4.40. The Morgan fingerprint density at radius 1 is 1.33 bits per heavy atom. The summed E-state index contributed by atoms with van der Waals surface area (Å²) in [6.07, 6.45) is 0.511. The third-order valence-electron chi connectivity index (χ3n) is 3.09. The van der Waals surface area contributed by atoms with Gasteiger partial charge in [0.1, 0.15) is 0 Å². The first-order valence-electron chi connectivity index (χ1n) is 6.18. The van der Waals surface area contributed by atoms with E-state index in [9.17, 15) is 0 Å². The van der Waals surface area contributed by atoms with Crippen molar-refractivity contribution in [2.24, 2.45) is 0 Å². The molecule has 18 heavy (non-hydrogen) atoms. The van der Waals surface area contributed by atoms with Gasteiger partial charge in [0.25, 0.3) is 0 Å². The van der Waals surface area contributed by atoms with Crippen LogP contribution in [0.3, 0.4) is 0 Å². The molecule has 2 atom stereocenters. The molecule has 5 heteroatoms. The maximum absolute atomic E-state index is 5.80. The second-order valence-corrected chi connectivity index (χ2v) is 5.90. The number of hydrogen-bond acceptors (Lipinski definition) is 5. The molecule has 2 aromatic rings. The first-order valence-corrected chi connectivity index (χ1v) is 7.00. The van der Waals surface area contributed by atoms with Gasteiger partial charge in [-0.2, -0.15) is 0 Å². The summed E-state index contributed by atoms with van der Waals surface area (Å²) in [5, 5.41) is 1.07. The normalized spacial score (nSPS) is 24.7. The molecule has 0 unspecified atom stereocenters. The third-order valence-corrected chi connectivity index (χ3v) is 4.17. The minimum absolute atomic E-state index is 0.255. The minimum Gasteiger partial charge on any atom is -0.399 e. The Balaban J connectivity index is 1.93. The summed E-state index contributed by atoms with van der Waals surface area (Å²) >= 11 is 1.70. The minimum atomic E-state index is 0.255. The summed E-state index contributed by atoms with van der Waals surface area (Å²) in [5.74, 6) is 0. The van der Waals surface area contributed by atoms with E-state index in [1.807, 2.05) is 18.2 Å². The Hall–Kier alpha value is -1.33. The quantitative estimate of drug-likeness (QED) is 0.803. The molecule has 3 rings (SSSR count). The lowest BCUT2D eigenvalue weighted by Crippen LogP contribution is -2.45. The topological polar surface area (TPSA) is 51.4 Å². The number of ether oxygens (including phenoxy) is 1. The van der Waals surface area contributed by atoms with Crippen LogP contribution in [0, 0.1) is 0 Å². The van der Waals surface area contributed by atoms with Crippen LogP contribution in [-0.2, 0) is 4.74 Å². The highest BCUT2D eigenvalue weighted by atomic mass is 32.1. The maximum atomic E-state index is 5.80. The number of hydrogen-bond donors (Lipinski definition) is 1. The third kappa shape index (κ3) is 2.15. The molecule has 0 radical (unpaired) electrons. The number of nitrogen functional groups attached to an aromatic ring is 1.